The highest BCUT2D eigenvalue weighted by Gasteiger charge is 2.01. The summed E-state index contributed by atoms with van der Waals surface area (Å²) < 4.78 is 1.94. The van der Waals surface area contributed by atoms with Crippen molar-refractivity contribution < 1.29 is 4.79 Å². The van der Waals surface area contributed by atoms with Gasteiger partial charge in [0.1, 0.15) is 0 Å². The van der Waals surface area contributed by atoms with Crippen LogP contribution in [0.1, 0.15) is 5.56 Å². The minimum atomic E-state index is 0.589. The Bertz CT molecular complexity index is 568. The van der Waals surface area contributed by atoms with Crippen molar-refractivity contribution in [2.24, 2.45) is 0 Å². The first kappa shape index (κ1) is 10.6. The molecule has 1 unspecified atom stereocenters. The van der Waals surface area contributed by atoms with Gasteiger partial charge in [0.2, 0.25) is 0 Å². The molecule has 15 heavy (non-hydrogen) atoms. The SMILES string of the molecule is O=CC#Cc1ccc2c(cnn2PI)c1. The van der Waals surface area contributed by atoms with Gasteiger partial charge < -0.3 is 0 Å². The fourth-order valence-electron chi connectivity index (χ4n) is 1.29. The van der Waals surface area contributed by atoms with Gasteiger partial charge in [0.05, 0.1) is 18.1 Å². The van der Waals surface area contributed by atoms with Crippen LogP contribution in [0, 0.1) is 11.8 Å². The number of hydrogen-bond donors (Lipinski definition) is 0. The number of nitrogens with zero attached hydrogens (tertiary/aromatic N) is 2. The van der Waals surface area contributed by atoms with E-state index in [1.807, 2.05) is 28.8 Å². The van der Waals surface area contributed by atoms with Crippen molar-refractivity contribution in [3.63, 3.8) is 0 Å². The normalized spacial score (nSPS) is 10.5. The number of aromatic nitrogens is 2. The van der Waals surface area contributed by atoms with Crippen molar-refractivity contribution >= 4 is 45.6 Å². The van der Waals surface area contributed by atoms with Gasteiger partial charge in [0.25, 0.3) is 0 Å². The number of rotatable bonds is 1. The van der Waals surface area contributed by atoms with Crippen LogP contribution in [0.5, 0.6) is 0 Å². The molecule has 0 saturated carbocycles. The van der Waals surface area contributed by atoms with E-state index >= 15 is 0 Å². The summed E-state index contributed by atoms with van der Waals surface area (Å²) in [7, 11) is 0. The molecule has 2 rings (SSSR count). The van der Waals surface area contributed by atoms with Crippen molar-refractivity contribution in [3.05, 3.63) is 30.0 Å². The third kappa shape index (κ3) is 2.19. The van der Waals surface area contributed by atoms with Crippen LogP contribution < -0.4 is 0 Å². The maximum Gasteiger partial charge on any atom is 0.193 e. The lowest BCUT2D eigenvalue weighted by atomic mass is 10.2. The number of hydrogen-bond acceptors (Lipinski definition) is 2. The van der Waals surface area contributed by atoms with Crippen LogP contribution in [0.3, 0.4) is 0 Å². The Balaban J connectivity index is 2.53. The van der Waals surface area contributed by atoms with Gasteiger partial charge in [-0.3, -0.25) is 4.79 Å². The molecule has 1 aromatic heterocycles. The molecule has 1 heterocycles. The quantitative estimate of drug-likeness (QED) is 0.349. The summed E-state index contributed by atoms with van der Waals surface area (Å²) in [6.45, 7) is 0. The number of benzene rings is 1. The van der Waals surface area contributed by atoms with Crippen LogP contribution in [0.4, 0.5) is 0 Å². The Kier molecular flexibility index (Phi) is 3.34. The first-order valence-corrected chi connectivity index (χ1v) is 8.21. The molecule has 0 amide bonds. The molecule has 2 aromatic rings. The van der Waals surface area contributed by atoms with Crippen LogP contribution in [0.25, 0.3) is 10.9 Å². The Morgan fingerprint density at radius 1 is 1.53 bits per heavy atom. The standard InChI is InChI=1S/C10H6IN2OP/c11-15-13-10-4-3-8(2-1-5-14)6-9(10)7-12-13/h3-7,15H. The molecule has 0 radical (unpaired) electrons. The molecule has 0 aliphatic carbocycles. The summed E-state index contributed by atoms with van der Waals surface area (Å²) >= 11 is 2.28. The second kappa shape index (κ2) is 4.73. The Labute approximate surface area is 102 Å². The van der Waals surface area contributed by atoms with E-state index in [0.29, 0.717) is 12.7 Å². The molecule has 0 saturated heterocycles. The minimum absolute atomic E-state index is 0.589. The van der Waals surface area contributed by atoms with Crippen LogP contribution in [0.15, 0.2) is 24.4 Å². The van der Waals surface area contributed by atoms with Gasteiger partial charge in [-0.25, -0.2) is 4.45 Å². The van der Waals surface area contributed by atoms with E-state index in [1.54, 1.807) is 0 Å². The van der Waals surface area contributed by atoms with Gasteiger partial charge in [-0.15, -0.1) is 0 Å². The summed E-state index contributed by atoms with van der Waals surface area (Å²) in [5.74, 6) is 5.15. The molecule has 0 aliphatic heterocycles. The number of carbonyl (C=O) groups is 1. The maximum atomic E-state index is 10.1. The lowest BCUT2D eigenvalue weighted by molar-refractivity contribution is -0.103. The predicted molar refractivity (Wildman–Crippen MR) is 70.4 cm³/mol. The van der Waals surface area contributed by atoms with E-state index in [9.17, 15) is 4.79 Å². The first-order valence-electron chi connectivity index (χ1n) is 4.15. The Morgan fingerprint density at radius 3 is 3.13 bits per heavy atom. The van der Waals surface area contributed by atoms with E-state index in [-0.39, 0.29) is 0 Å². The summed E-state index contributed by atoms with van der Waals surface area (Å²) in [5, 5.41) is 5.29. The van der Waals surface area contributed by atoms with Gasteiger partial charge in [0, 0.05) is 10.9 Å². The van der Waals surface area contributed by atoms with Crippen molar-refractivity contribution in [1.29, 1.82) is 0 Å². The fourth-order valence-corrected chi connectivity index (χ4v) is 2.84. The molecule has 0 spiro atoms. The predicted octanol–water partition coefficient (Wildman–Crippen LogP) is 2.38. The van der Waals surface area contributed by atoms with Crippen LogP contribution in [-0.2, 0) is 4.79 Å². The molecule has 74 valence electrons. The monoisotopic (exact) mass is 328 g/mol. The molecule has 1 atom stereocenters. The molecular weight excluding hydrogens is 322 g/mol. The van der Waals surface area contributed by atoms with Crippen molar-refractivity contribution in [3.8, 4) is 11.8 Å². The Morgan fingerprint density at radius 2 is 2.40 bits per heavy atom. The number of halogens is 1. The average Bonchev–Trinajstić information content (AvgIpc) is 2.68. The smallest absolute Gasteiger partial charge is 0.193 e. The zero-order valence-electron chi connectivity index (χ0n) is 7.57. The lowest BCUT2D eigenvalue weighted by Gasteiger charge is -1.96. The third-order valence-corrected chi connectivity index (χ3v) is 3.81. The molecule has 3 nitrogen and oxygen atoms in total. The fraction of sp³-hybridized carbons (Fsp3) is 0. The molecule has 1 aromatic carbocycles. The van der Waals surface area contributed by atoms with Crippen LogP contribution in [-0.4, -0.2) is 15.8 Å². The number of aldehydes is 1. The second-order valence-electron chi connectivity index (χ2n) is 2.80. The van der Waals surface area contributed by atoms with E-state index in [4.69, 9.17) is 0 Å². The van der Waals surface area contributed by atoms with Gasteiger partial charge in [0.15, 0.2) is 6.29 Å². The topological polar surface area (TPSA) is 34.9 Å². The van der Waals surface area contributed by atoms with E-state index in [2.05, 4.69) is 39.0 Å². The van der Waals surface area contributed by atoms with Crippen LogP contribution in [0.2, 0.25) is 0 Å². The summed E-state index contributed by atoms with van der Waals surface area (Å²) in [4.78, 5) is 10.1. The van der Waals surface area contributed by atoms with Crippen molar-refractivity contribution in [2.75, 3.05) is 0 Å². The van der Waals surface area contributed by atoms with Gasteiger partial charge >= 0.3 is 0 Å². The lowest BCUT2D eigenvalue weighted by Crippen LogP contribution is -1.82. The Hall–Kier alpha value is -0.920. The molecule has 0 bridgehead atoms. The number of carbonyl (C=O) groups excluding carboxylic acids is 1. The zero-order chi connectivity index (χ0) is 10.7. The largest absolute Gasteiger partial charge is 0.289 e. The third-order valence-electron chi connectivity index (χ3n) is 1.92. The highest BCUT2D eigenvalue weighted by Crippen LogP contribution is 2.28. The highest BCUT2D eigenvalue weighted by molar-refractivity contribution is 14.2. The van der Waals surface area contributed by atoms with Crippen molar-refractivity contribution in [2.45, 2.75) is 0 Å². The molecule has 0 aliphatic rings. The summed E-state index contributed by atoms with van der Waals surface area (Å²) in [6, 6.07) is 5.81. The summed E-state index contributed by atoms with van der Waals surface area (Å²) in [5.41, 5.74) is 1.94. The van der Waals surface area contributed by atoms with Gasteiger partial charge in [-0.2, -0.15) is 5.10 Å². The maximum absolute atomic E-state index is 10.1. The summed E-state index contributed by atoms with van der Waals surface area (Å²) in [6.07, 6.45) is 3.00. The minimum Gasteiger partial charge on any atom is -0.289 e. The van der Waals surface area contributed by atoms with Gasteiger partial charge in [-0.05, 0) is 46.2 Å². The zero-order valence-corrected chi connectivity index (χ0v) is 10.7. The number of fused-ring (bicyclic) bond motifs is 1. The first-order chi connectivity index (χ1) is 7.35. The molecule has 0 fully saturated rings. The van der Waals surface area contributed by atoms with Gasteiger partial charge in [-0.1, -0.05) is 5.92 Å². The molecular formula is C10H6IN2OP. The van der Waals surface area contributed by atoms with E-state index < -0.39 is 0 Å². The van der Waals surface area contributed by atoms with E-state index in [1.165, 1.54) is 0 Å². The molecule has 5 heteroatoms. The second-order valence-corrected chi connectivity index (χ2v) is 4.84. The van der Waals surface area contributed by atoms with Crippen molar-refractivity contribution in [1.82, 2.24) is 9.55 Å². The molecule has 0 N–H and O–H groups in total. The van der Waals surface area contributed by atoms with E-state index in [0.717, 1.165) is 16.5 Å². The highest BCUT2D eigenvalue weighted by atomic mass is 127. The average molecular weight is 328 g/mol. The van der Waals surface area contributed by atoms with Crippen LogP contribution >= 0.6 is 28.4 Å².